The molecule has 5 heteroatoms. The van der Waals surface area contributed by atoms with Gasteiger partial charge in [-0.3, -0.25) is 0 Å². The summed E-state index contributed by atoms with van der Waals surface area (Å²) in [7, 11) is 0. The number of hydrogen-bond donors (Lipinski definition) is 1. The van der Waals surface area contributed by atoms with Crippen molar-refractivity contribution in [1.82, 2.24) is 10.1 Å². The van der Waals surface area contributed by atoms with Crippen molar-refractivity contribution < 1.29 is 4.52 Å². The number of hydrogen-bond acceptors (Lipinski definition) is 5. The van der Waals surface area contributed by atoms with Crippen LogP contribution in [0.4, 0.5) is 0 Å². The molecule has 0 aliphatic carbocycles. The third-order valence-corrected chi connectivity index (χ3v) is 3.93. The van der Waals surface area contributed by atoms with Crippen molar-refractivity contribution in [2.45, 2.75) is 57.6 Å². The summed E-state index contributed by atoms with van der Waals surface area (Å²) in [4.78, 5) is 4.36. The van der Waals surface area contributed by atoms with Crippen molar-refractivity contribution in [2.75, 3.05) is 0 Å². The third-order valence-electron chi connectivity index (χ3n) is 2.66. The first-order chi connectivity index (χ1) is 7.83. The lowest BCUT2D eigenvalue weighted by Crippen LogP contribution is -2.18. The number of nitrogens with zero attached hydrogens (tertiary/aromatic N) is 2. The maximum Gasteiger partial charge on any atom is 0.243 e. The maximum absolute atomic E-state index is 6.04. The Hall–Kier alpha value is -0.550. The first kappa shape index (κ1) is 14.5. The molecule has 0 saturated heterocycles. The molecule has 98 valence electrons. The van der Waals surface area contributed by atoms with E-state index in [1.54, 1.807) is 11.8 Å². The van der Waals surface area contributed by atoms with E-state index in [0.29, 0.717) is 11.8 Å². The fourth-order valence-corrected chi connectivity index (χ4v) is 1.92. The maximum atomic E-state index is 6.04. The number of aromatic nitrogens is 2. The van der Waals surface area contributed by atoms with E-state index in [4.69, 9.17) is 10.3 Å². The quantitative estimate of drug-likeness (QED) is 0.877. The molecule has 0 saturated carbocycles. The Morgan fingerprint density at radius 1 is 1.41 bits per heavy atom. The molecule has 17 heavy (non-hydrogen) atoms. The zero-order chi connectivity index (χ0) is 13.1. The highest BCUT2D eigenvalue weighted by Crippen LogP contribution is 2.27. The Morgan fingerprint density at radius 3 is 2.59 bits per heavy atom. The summed E-state index contributed by atoms with van der Waals surface area (Å²) in [6, 6.07) is -0.152. The third kappa shape index (κ3) is 4.68. The van der Waals surface area contributed by atoms with Gasteiger partial charge in [0.05, 0.1) is 11.8 Å². The molecule has 1 aromatic heterocycles. The van der Waals surface area contributed by atoms with Crippen molar-refractivity contribution in [1.29, 1.82) is 0 Å². The van der Waals surface area contributed by atoms with Crippen LogP contribution < -0.4 is 5.73 Å². The van der Waals surface area contributed by atoms with Gasteiger partial charge in [-0.05, 0) is 5.92 Å². The minimum atomic E-state index is -0.152. The fourth-order valence-electron chi connectivity index (χ4n) is 1.24. The van der Waals surface area contributed by atoms with Gasteiger partial charge in [0.15, 0.2) is 5.82 Å². The molecule has 2 N–H and O–H groups in total. The van der Waals surface area contributed by atoms with Crippen molar-refractivity contribution in [2.24, 2.45) is 11.7 Å². The van der Waals surface area contributed by atoms with E-state index in [1.807, 2.05) is 0 Å². The molecule has 0 spiro atoms. The normalized spacial score (nSPS) is 15.9. The van der Waals surface area contributed by atoms with Crippen molar-refractivity contribution in [3.63, 3.8) is 0 Å². The summed E-state index contributed by atoms with van der Waals surface area (Å²) in [5, 5.41) is 3.97. The SMILES string of the molecule is CC[C@H](C)[C@H](N)c1nc(CSC(C)(C)C)no1. The number of nitrogens with two attached hydrogens (primary N) is 1. The van der Waals surface area contributed by atoms with Crippen LogP contribution in [0, 0.1) is 5.92 Å². The molecule has 0 amide bonds. The Labute approximate surface area is 108 Å². The Morgan fingerprint density at radius 2 is 2.06 bits per heavy atom. The average Bonchev–Trinajstić information content (AvgIpc) is 2.72. The van der Waals surface area contributed by atoms with Crippen molar-refractivity contribution in [3.05, 3.63) is 11.7 Å². The van der Waals surface area contributed by atoms with Gasteiger partial charge in [-0.25, -0.2) is 0 Å². The average molecular weight is 257 g/mol. The Balaban J connectivity index is 2.59. The lowest BCUT2D eigenvalue weighted by atomic mass is 10.0. The predicted octanol–water partition coefficient (Wildman–Crippen LogP) is 3.15. The second kappa shape index (κ2) is 5.87. The van der Waals surface area contributed by atoms with Crippen LogP contribution in [0.1, 0.15) is 58.8 Å². The Kier molecular flexibility index (Phi) is 5.01. The monoisotopic (exact) mass is 257 g/mol. The molecule has 0 aliphatic heterocycles. The van der Waals surface area contributed by atoms with E-state index >= 15 is 0 Å². The van der Waals surface area contributed by atoms with Gasteiger partial charge in [0.25, 0.3) is 0 Å². The first-order valence-electron chi connectivity index (χ1n) is 6.05. The van der Waals surface area contributed by atoms with Gasteiger partial charge in [-0.1, -0.05) is 46.2 Å². The largest absolute Gasteiger partial charge is 0.338 e. The van der Waals surface area contributed by atoms with E-state index in [1.165, 1.54) is 0 Å². The molecule has 0 aromatic carbocycles. The minimum absolute atomic E-state index is 0.152. The van der Waals surface area contributed by atoms with Gasteiger partial charge in [0.1, 0.15) is 0 Å². The summed E-state index contributed by atoms with van der Waals surface area (Å²) in [6.45, 7) is 10.7. The van der Waals surface area contributed by atoms with Crippen LogP contribution in [-0.2, 0) is 5.75 Å². The molecule has 0 fully saturated rings. The minimum Gasteiger partial charge on any atom is -0.338 e. The number of rotatable bonds is 5. The summed E-state index contributed by atoms with van der Waals surface area (Å²) < 4.78 is 5.42. The van der Waals surface area contributed by atoms with Gasteiger partial charge in [-0.15, -0.1) is 11.8 Å². The van der Waals surface area contributed by atoms with Gasteiger partial charge in [0, 0.05) is 4.75 Å². The van der Waals surface area contributed by atoms with Crippen LogP contribution in [0.25, 0.3) is 0 Å². The van der Waals surface area contributed by atoms with Crippen molar-refractivity contribution in [3.8, 4) is 0 Å². The molecule has 2 atom stereocenters. The lowest BCUT2D eigenvalue weighted by Gasteiger charge is -2.15. The molecule has 1 heterocycles. The molecule has 0 aliphatic rings. The molecular weight excluding hydrogens is 234 g/mol. The second-order valence-corrected chi connectivity index (χ2v) is 7.16. The fraction of sp³-hybridized carbons (Fsp3) is 0.833. The summed E-state index contributed by atoms with van der Waals surface area (Å²) in [6.07, 6.45) is 1.01. The highest BCUT2D eigenvalue weighted by Gasteiger charge is 2.20. The second-order valence-electron chi connectivity index (χ2n) is 5.36. The predicted molar refractivity (Wildman–Crippen MR) is 71.7 cm³/mol. The molecule has 1 rings (SSSR count). The van der Waals surface area contributed by atoms with Crippen LogP contribution >= 0.6 is 11.8 Å². The van der Waals surface area contributed by atoms with E-state index in [0.717, 1.165) is 18.0 Å². The van der Waals surface area contributed by atoms with E-state index in [2.05, 4.69) is 44.8 Å². The Bertz CT molecular complexity index is 346. The van der Waals surface area contributed by atoms with E-state index < -0.39 is 0 Å². The van der Waals surface area contributed by atoms with E-state index in [-0.39, 0.29) is 10.8 Å². The standard InChI is InChI=1S/C12H23N3OS/c1-6-8(2)10(13)11-14-9(15-16-11)7-17-12(3,4)5/h8,10H,6-7,13H2,1-5H3/t8-,10-/m0/s1. The molecule has 4 nitrogen and oxygen atoms in total. The smallest absolute Gasteiger partial charge is 0.243 e. The molecule has 0 bridgehead atoms. The highest BCUT2D eigenvalue weighted by atomic mass is 32.2. The van der Waals surface area contributed by atoms with Crippen LogP contribution in [0.3, 0.4) is 0 Å². The molecular formula is C12H23N3OS. The number of thioether (sulfide) groups is 1. The highest BCUT2D eigenvalue weighted by molar-refractivity contribution is 7.99. The zero-order valence-electron chi connectivity index (χ0n) is 11.4. The summed E-state index contributed by atoms with van der Waals surface area (Å²) in [5.74, 6) is 2.42. The van der Waals surface area contributed by atoms with Crippen LogP contribution in [-0.4, -0.2) is 14.9 Å². The lowest BCUT2D eigenvalue weighted by molar-refractivity contribution is 0.311. The molecule has 0 unspecified atom stereocenters. The zero-order valence-corrected chi connectivity index (χ0v) is 12.2. The molecule has 0 radical (unpaired) electrons. The van der Waals surface area contributed by atoms with Gasteiger partial charge in [0.2, 0.25) is 5.89 Å². The van der Waals surface area contributed by atoms with Gasteiger partial charge in [-0.2, -0.15) is 4.98 Å². The van der Waals surface area contributed by atoms with Crippen LogP contribution in [0.5, 0.6) is 0 Å². The van der Waals surface area contributed by atoms with E-state index in [9.17, 15) is 0 Å². The van der Waals surface area contributed by atoms with Crippen LogP contribution in [0.2, 0.25) is 0 Å². The van der Waals surface area contributed by atoms with Crippen molar-refractivity contribution >= 4 is 11.8 Å². The summed E-state index contributed by atoms with van der Waals surface area (Å²) in [5.41, 5.74) is 6.04. The topological polar surface area (TPSA) is 64.9 Å². The van der Waals surface area contributed by atoms with Crippen LogP contribution in [0.15, 0.2) is 4.52 Å². The summed E-state index contributed by atoms with van der Waals surface area (Å²) >= 11 is 1.80. The van der Waals surface area contributed by atoms with Gasteiger partial charge < -0.3 is 10.3 Å². The first-order valence-corrected chi connectivity index (χ1v) is 7.04. The van der Waals surface area contributed by atoms with Gasteiger partial charge >= 0.3 is 0 Å². The molecule has 1 aromatic rings.